The molecule has 29 heavy (non-hydrogen) atoms. The van der Waals surface area contributed by atoms with E-state index in [9.17, 15) is 5.26 Å². The molecule has 0 aliphatic rings. The number of aryl methyl sites for hydroxylation is 1. The fourth-order valence-corrected chi connectivity index (χ4v) is 3.26. The summed E-state index contributed by atoms with van der Waals surface area (Å²) in [6.45, 7) is 2.03. The van der Waals surface area contributed by atoms with E-state index in [1.807, 2.05) is 91.9 Å². The van der Waals surface area contributed by atoms with Gasteiger partial charge in [-0.1, -0.05) is 54.6 Å². The highest BCUT2D eigenvalue weighted by molar-refractivity contribution is 5.81. The minimum Gasteiger partial charge on any atom is -0.457 e. The van der Waals surface area contributed by atoms with Crippen LogP contribution < -0.4 is 10.5 Å². The summed E-state index contributed by atoms with van der Waals surface area (Å²) in [6, 6.07) is 29.3. The molecule has 0 spiro atoms. The number of nitrogens with zero attached hydrogens (tertiary/aromatic N) is 2. The van der Waals surface area contributed by atoms with Gasteiger partial charge in [0, 0.05) is 11.1 Å². The number of para-hydroxylation sites is 1. The number of benzene rings is 3. The Morgan fingerprint density at radius 2 is 1.55 bits per heavy atom. The molecule has 0 saturated heterocycles. The van der Waals surface area contributed by atoms with Gasteiger partial charge in [0.05, 0.1) is 5.69 Å². The Morgan fingerprint density at radius 3 is 2.31 bits per heavy atom. The number of ether oxygens (including phenoxy) is 1. The normalized spacial score (nSPS) is 10.3. The van der Waals surface area contributed by atoms with Crippen LogP contribution in [0.2, 0.25) is 0 Å². The second-order valence-electron chi connectivity index (χ2n) is 6.68. The van der Waals surface area contributed by atoms with E-state index in [-0.39, 0.29) is 5.82 Å². The van der Waals surface area contributed by atoms with Crippen LogP contribution in [0.25, 0.3) is 22.4 Å². The topological polar surface area (TPSA) is 71.9 Å². The molecule has 0 atom stereocenters. The van der Waals surface area contributed by atoms with Gasteiger partial charge >= 0.3 is 0 Å². The monoisotopic (exact) mass is 377 g/mol. The lowest BCUT2D eigenvalue weighted by Gasteiger charge is -2.13. The van der Waals surface area contributed by atoms with Crippen molar-refractivity contribution < 1.29 is 4.74 Å². The Morgan fingerprint density at radius 1 is 0.828 bits per heavy atom. The zero-order valence-corrected chi connectivity index (χ0v) is 16.0. The Bertz CT molecular complexity index is 1210. The number of nitriles is 1. The van der Waals surface area contributed by atoms with E-state index in [1.54, 1.807) is 0 Å². The summed E-state index contributed by atoms with van der Waals surface area (Å²) in [4.78, 5) is 4.48. The summed E-state index contributed by atoms with van der Waals surface area (Å²) in [5, 5.41) is 9.68. The third-order valence-electron chi connectivity index (χ3n) is 4.70. The lowest BCUT2D eigenvalue weighted by molar-refractivity contribution is 0.483. The second-order valence-corrected chi connectivity index (χ2v) is 6.68. The highest BCUT2D eigenvalue weighted by atomic mass is 16.5. The van der Waals surface area contributed by atoms with Gasteiger partial charge in [0.15, 0.2) is 0 Å². The minimum atomic E-state index is 0.220. The summed E-state index contributed by atoms with van der Waals surface area (Å²) in [7, 11) is 0. The van der Waals surface area contributed by atoms with Crippen molar-refractivity contribution in [2.75, 3.05) is 5.73 Å². The number of rotatable bonds is 4. The Hall–Kier alpha value is -4.10. The fraction of sp³-hybridized carbons (Fsp3) is 0.0400. The van der Waals surface area contributed by atoms with E-state index in [1.165, 1.54) is 0 Å². The van der Waals surface area contributed by atoms with Gasteiger partial charge in [-0.15, -0.1) is 0 Å². The summed E-state index contributed by atoms with van der Waals surface area (Å²) in [5.41, 5.74) is 10.9. The number of pyridine rings is 1. The third kappa shape index (κ3) is 3.80. The van der Waals surface area contributed by atoms with E-state index < -0.39 is 0 Å². The van der Waals surface area contributed by atoms with Gasteiger partial charge in [0.1, 0.15) is 28.9 Å². The molecular formula is C25H19N3O. The van der Waals surface area contributed by atoms with Crippen molar-refractivity contribution in [2.24, 2.45) is 0 Å². The Kier molecular flexibility index (Phi) is 4.96. The predicted molar refractivity (Wildman–Crippen MR) is 115 cm³/mol. The lowest BCUT2D eigenvalue weighted by atomic mass is 9.97. The highest BCUT2D eigenvalue weighted by Gasteiger charge is 2.15. The van der Waals surface area contributed by atoms with E-state index in [2.05, 4.69) is 11.1 Å². The maximum Gasteiger partial charge on any atom is 0.142 e. The van der Waals surface area contributed by atoms with E-state index in [0.29, 0.717) is 11.3 Å². The van der Waals surface area contributed by atoms with Crippen molar-refractivity contribution in [1.82, 2.24) is 4.98 Å². The zero-order chi connectivity index (χ0) is 20.2. The minimum absolute atomic E-state index is 0.220. The van der Waals surface area contributed by atoms with Crippen LogP contribution in [-0.4, -0.2) is 4.98 Å². The lowest BCUT2D eigenvalue weighted by Crippen LogP contribution is -2.00. The van der Waals surface area contributed by atoms with E-state index in [4.69, 9.17) is 10.5 Å². The van der Waals surface area contributed by atoms with E-state index in [0.717, 1.165) is 33.7 Å². The van der Waals surface area contributed by atoms with Crippen LogP contribution in [0.5, 0.6) is 11.5 Å². The van der Waals surface area contributed by atoms with Crippen molar-refractivity contribution in [3.8, 4) is 40.0 Å². The van der Waals surface area contributed by atoms with Gasteiger partial charge in [-0.3, -0.25) is 0 Å². The molecule has 1 aromatic heterocycles. The molecule has 0 aliphatic heterocycles. The fourth-order valence-electron chi connectivity index (χ4n) is 3.26. The SMILES string of the molecule is Cc1ccccc1-c1cc(-c2cccc(Oc3ccccc3)c2)c(C#N)c(N)n1. The number of anilines is 1. The molecular weight excluding hydrogens is 358 g/mol. The number of nitrogen functional groups attached to an aromatic ring is 1. The Labute approximate surface area is 169 Å². The molecule has 0 amide bonds. The molecule has 0 saturated carbocycles. The summed E-state index contributed by atoms with van der Waals surface area (Å²) in [5.74, 6) is 1.66. The highest BCUT2D eigenvalue weighted by Crippen LogP contribution is 2.34. The molecule has 2 N–H and O–H groups in total. The summed E-state index contributed by atoms with van der Waals surface area (Å²) >= 11 is 0. The second kappa shape index (κ2) is 7.87. The molecule has 0 radical (unpaired) electrons. The first-order valence-electron chi connectivity index (χ1n) is 9.25. The molecule has 4 aromatic rings. The third-order valence-corrected chi connectivity index (χ3v) is 4.70. The van der Waals surface area contributed by atoms with Crippen molar-refractivity contribution in [3.63, 3.8) is 0 Å². The summed E-state index contributed by atoms with van der Waals surface area (Å²) < 4.78 is 5.95. The largest absolute Gasteiger partial charge is 0.457 e. The van der Waals surface area contributed by atoms with Crippen LogP contribution in [-0.2, 0) is 0 Å². The van der Waals surface area contributed by atoms with Gasteiger partial charge in [-0.2, -0.15) is 5.26 Å². The Balaban J connectivity index is 1.81. The van der Waals surface area contributed by atoms with Crippen molar-refractivity contribution in [3.05, 3.63) is 96.1 Å². The standard InChI is InChI=1S/C25H19N3O/c1-17-8-5-6-13-21(17)24-15-22(23(16-26)25(27)28-24)18-9-7-12-20(14-18)29-19-10-3-2-4-11-19/h2-15H,1H3,(H2,27,28). The van der Waals surface area contributed by atoms with Crippen LogP contribution in [0.4, 0.5) is 5.82 Å². The molecule has 140 valence electrons. The first kappa shape index (κ1) is 18.3. The van der Waals surface area contributed by atoms with Crippen LogP contribution >= 0.6 is 0 Å². The average Bonchev–Trinajstić information content (AvgIpc) is 2.74. The van der Waals surface area contributed by atoms with Gasteiger partial charge in [-0.05, 0) is 48.4 Å². The smallest absolute Gasteiger partial charge is 0.142 e. The van der Waals surface area contributed by atoms with Crippen LogP contribution in [0.1, 0.15) is 11.1 Å². The maximum atomic E-state index is 9.68. The molecule has 3 aromatic carbocycles. The van der Waals surface area contributed by atoms with Gasteiger partial charge in [-0.25, -0.2) is 4.98 Å². The van der Waals surface area contributed by atoms with Crippen molar-refractivity contribution in [2.45, 2.75) is 6.92 Å². The average molecular weight is 377 g/mol. The molecule has 4 nitrogen and oxygen atoms in total. The van der Waals surface area contributed by atoms with Crippen LogP contribution in [0, 0.1) is 18.3 Å². The van der Waals surface area contributed by atoms with Gasteiger partial charge in [0.25, 0.3) is 0 Å². The first-order chi connectivity index (χ1) is 14.2. The van der Waals surface area contributed by atoms with Crippen molar-refractivity contribution >= 4 is 5.82 Å². The molecule has 4 heteroatoms. The quantitative estimate of drug-likeness (QED) is 0.475. The van der Waals surface area contributed by atoms with Crippen molar-refractivity contribution in [1.29, 1.82) is 5.26 Å². The van der Waals surface area contributed by atoms with E-state index >= 15 is 0 Å². The molecule has 0 bridgehead atoms. The van der Waals surface area contributed by atoms with Crippen LogP contribution in [0.15, 0.2) is 84.9 Å². The van der Waals surface area contributed by atoms with Gasteiger partial charge < -0.3 is 10.5 Å². The zero-order valence-electron chi connectivity index (χ0n) is 16.0. The maximum absolute atomic E-state index is 9.68. The number of nitrogens with two attached hydrogens (primary N) is 1. The molecule has 1 heterocycles. The number of hydrogen-bond donors (Lipinski definition) is 1. The van der Waals surface area contributed by atoms with Crippen LogP contribution in [0.3, 0.4) is 0 Å². The predicted octanol–water partition coefficient (Wildman–Crippen LogP) is 5.97. The molecule has 0 fully saturated rings. The number of hydrogen-bond acceptors (Lipinski definition) is 4. The molecule has 0 unspecified atom stereocenters. The first-order valence-corrected chi connectivity index (χ1v) is 9.25. The van der Waals surface area contributed by atoms with Gasteiger partial charge in [0.2, 0.25) is 0 Å². The summed E-state index contributed by atoms with van der Waals surface area (Å²) in [6.07, 6.45) is 0. The number of aromatic nitrogens is 1. The molecule has 4 rings (SSSR count). The molecule has 0 aliphatic carbocycles.